The van der Waals surface area contributed by atoms with E-state index in [2.05, 4.69) is 25.9 Å². The van der Waals surface area contributed by atoms with E-state index in [4.69, 9.17) is 10.5 Å². The molecule has 3 heterocycles. The molecule has 0 fully saturated rings. The number of likely N-dealkylation sites (N-methyl/N-ethyl adjacent to an activating group) is 1. The van der Waals surface area contributed by atoms with E-state index >= 15 is 4.39 Å². The number of alkyl halides is 2. The van der Waals surface area contributed by atoms with Gasteiger partial charge in [-0.1, -0.05) is 0 Å². The average Bonchev–Trinajstić information content (AvgIpc) is 2.66. The van der Waals surface area contributed by atoms with Crippen molar-refractivity contribution in [3.63, 3.8) is 0 Å². The van der Waals surface area contributed by atoms with Gasteiger partial charge >= 0.3 is 6.09 Å². The zero-order chi connectivity index (χ0) is 24.2. The minimum Gasteiger partial charge on any atom is -0.423 e. The Balaban J connectivity index is 2.35. The van der Waals surface area contributed by atoms with Crippen LogP contribution >= 0.6 is 11.8 Å². The summed E-state index contributed by atoms with van der Waals surface area (Å²) in [6.45, 7) is 7.29. The number of carbonyl (C=O) groups excluding carboxylic acids is 1. The van der Waals surface area contributed by atoms with Gasteiger partial charge in [-0.05, 0) is 53.8 Å². The van der Waals surface area contributed by atoms with Crippen molar-refractivity contribution >= 4 is 29.5 Å². The van der Waals surface area contributed by atoms with E-state index in [1.807, 2.05) is 0 Å². The molecular formula is C20H29F3N6O2S. The number of carbonyl (C=O) groups is 1. The van der Waals surface area contributed by atoms with E-state index in [1.54, 1.807) is 27.7 Å². The molecule has 8 nitrogen and oxygen atoms in total. The van der Waals surface area contributed by atoms with Crippen LogP contribution < -0.4 is 21.7 Å². The zero-order valence-corrected chi connectivity index (χ0v) is 19.7. The third-order valence-electron chi connectivity index (χ3n) is 5.64. The fraction of sp³-hybridized carbons (Fsp3) is 0.650. The molecule has 178 valence electrons. The predicted octanol–water partition coefficient (Wildman–Crippen LogP) is 3.15. The molecule has 1 aromatic heterocycles. The minimum atomic E-state index is -3.27. The number of thioether (sulfide) groups is 1. The molecule has 0 saturated heterocycles. The van der Waals surface area contributed by atoms with Crippen molar-refractivity contribution in [2.24, 2.45) is 10.7 Å². The van der Waals surface area contributed by atoms with Gasteiger partial charge < -0.3 is 21.1 Å². The lowest BCUT2D eigenvalue weighted by molar-refractivity contribution is -0.0217. The second-order valence-electron chi connectivity index (χ2n) is 9.14. The SMILES string of the molecule is CN[C@]1(CC(F)(F)CN)SC(C)(C)C2=N[C@]1(C)c1nc(ccc1F)NC(C)(C)OC(=O)N2. The maximum Gasteiger partial charge on any atom is 0.414 e. The number of aromatic nitrogens is 1. The number of aliphatic imine (C=N–C) groups is 1. The molecule has 0 aliphatic carbocycles. The summed E-state index contributed by atoms with van der Waals surface area (Å²) in [5, 5.41) is 8.52. The molecule has 0 unspecified atom stereocenters. The number of cyclic esters (lactones) is 1. The Hall–Kier alpha value is -2.05. The number of alkyl carbamates (subject to hydrolysis) is 1. The summed E-state index contributed by atoms with van der Waals surface area (Å²) in [7, 11) is 1.51. The Labute approximate surface area is 189 Å². The first-order chi connectivity index (χ1) is 14.6. The first-order valence-corrected chi connectivity index (χ1v) is 10.9. The van der Waals surface area contributed by atoms with Crippen LogP contribution in [0.1, 0.15) is 46.7 Å². The molecule has 5 N–H and O–H groups in total. The zero-order valence-electron chi connectivity index (χ0n) is 18.9. The van der Waals surface area contributed by atoms with Crippen molar-refractivity contribution in [2.45, 2.75) is 67.8 Å². The van der Waals surface area contributed by atoms with E-state index < -0.39 is 51.7 Å². The highest BCUT2D eigenvalue weighted by Gasteiger charge is 2.61. The summed E-state index contributed by atoms with van der Waals surface area (Å²) in [5.74, 6) is -3.64. The summed E-state index contributed by atoms with van der Waals surface area (Å²) in [5.41, 5.74) is 2.34. The van der Waals surface area contributed by atoms with Gasteiger partial charge in [0, 0.05) is 6.42 Å². The lowest BCUT2D eigenvalue weighted by Gasteiger charge is -2.53. The Bertz CT molecular complexity index is 957. The standard InChI is InChI=1S/C20H29F3N6O2S/c1-16(2)14-27-15(30)31-17(3,4)28-12-8-7-11(21)13(26-12)18(5,29-14)20(25-6,32-16)9-19(22,23)10-24/h7-8,25H,9-10,24H2,1-6H3,(H,26,28)(H,27,29,30)/t18-,20-/m1/s1. The molecular weight excluding hydrogens is 445 g/mol. The lowest BCUT2D eigenvalue weighted by Crippen LogP contribution is -2.65. The van der Waals surface area contributed by atoms with Crippen LogP contribution in [0.2, 0.25) is 0 Å². The van der Waals surface area contributed by atoms with E-state index in [0.717, 1.165) is 11.8 Å². The number of nitrogens with one attached hydrogen (secondary N) is 3. The van der Waals surface area contributed by atoms with Gasteiger partial charge in [0.25, 0.3) is 5.92 Å². The first-order valence-electron chi connectivity index (χ1n) is 10.1. The highest BCUT2D eigenvalue weighted by Crippen LogP contribution is 2.56. The normalized spacial score (nSPS) is 29.1. The Morgan fingerprint density at radius 1 is 1.25 bits per heavy atom. The van der Waals surface area contributed by atoms with Crippen LogP contribution in [0, 0.1) is 5.82 Å². The number of hydrogen-bond acceptors (Lipinski definition) is 8. The number of ether oxygens (including phenoxy) is 1. The van der Waals surface area contributed by atoms with Gasteiger partial charge in [-0.3, -0.25) is 10.3 Å². The monoisotopic (exact) mass is 474 g/mol. The highest BCUT2D eigenvalue weighted by atomic mass is 32.2. The number of nitrogens with two attached hydrogens (primary N) is 1. The summed E-state index contributed by atoms with van der Waals surface area (Å²) < 4.78 is 49.1. The molecule has 3 rings (SSSR count). The van der Waals surface area contributed by atoms with Crippen molar-refractivity contribution < 1.29 is 22.7 Å². The van der Waals surface area contributed by atoms with Crippen LogP contribution in [0.25, 0.3) is 0 Å². The molecule has 2 aliphatic rings. The Kier molecular flexibility index (Phi) is 5.97. The van der Waals surface area contributed by atoms with E-state index in [9.17, 15) is 13.6 Å². The van der Waals surface area contributed by atoms with Gasteiger partial charge in [0.05, 0.1) is 11.3 Å². The fourth-order valence-electron chi connectivity index (χ4n) is 4.02. The van der Waals surface area contributed by atoms with Crippen LogP contribution in [-0.4, -0.2) is 51.8 Å². The number of halogens is 3. The third-order valence-corrected chi connectivity index (χ3v) is 7.43. The van der Waals surface area contributed by atoms with Gasteiger partial charge in [-0.15, -0.1) is 11.8 Å². The average molecular weight is 475 g/mol. The molecule has 0 spiro atoms. The molecule has 2 aliphatic heterocycles. The van der Waals surface area contributed by atoms with Gasteiger partial charge in [0.1, 0.15) is 33.6 Å². The number of hydrogen-bond donors (Lipinski definition) is 4. The van der Waals surface area contributed by atoms with Crippen LogP contribution in [0.4, 0.5) is 23.8 Å². The van der Waals surface area contributed by atoms with Gasteiger partial charge in [0.2, 0.25) is 0 Å². The van der Waals surface area contributed by atoms with E-state index in [0.29, 0.717) is 0 Å². The maximum atomic E-state index is 15.2. The maximum absolute atomic E-state index is 15.2. The highest BCUT2D eigenvalue weighted by molar-refractivity contribution is 8.02. The molecule has 0 saturated carbocycles. The second kappa shape index (κ2) is 7.77. The topological polar surface area (TPSA) is 114 Å². The lowest BCUT2D eigenvalue weighted by atomic mass is 9.82. The van der Waals surface area contributed by atoms with Crippen molar-refractivity contribution in [1.82, 2.24) is 15.6 Å². The number of anilines is 1. The van der Waals surface area contributed by atoms with Crippen molar-refractivity contribution in [3.8, 4) is 0 Å². The number of pyridine rings is 1. The van der Waals surface area contributed by atoms with Crippen molar-refractivity contribution in [1.29, 1.82) is 0 Å². The summed E-state index contributed by atoms with van der Waals surface area (Å²) >= 11 is 1.10. The quantitative estimate of drug-likeness (QED) is 0.530. The van der Waals surface area contributed by atoms with E-state index in [-0.39, 0.29) is 17.3 Å². The van der Waals surface area contributed by atoms with Crippen LogP contribution in [0.15, 0.2) is 17.1 Å². The number of nitrogens with zero attached hydrogens (tertiary/aromatic N) is 2. The number of amides is 1. The van der Waals surface area contributed by atoms with Crippen LogP contribution in [0.3, 0.4) is 0 Å². The van der Waals surface area contributed by atoms with Gasteiger partial charge in [-0.2, -0.15) is 0 Å². The Morgan fingerprint density at radius 3 is 2.50 bits per heavy atom. The van der Waals surface area contributed by atoms with Gasteiger partial charge in [0.15, 0.2) is 5.72 Å². The van der Waals surface area contributed by atoms with Gasteiger partial charge in [-0.25, -0.2) is 22.9 Å². The molecule has 0 aromatic carbocycles. The summed E-state index contributed by atoms with van der Waals surface area (Å²) in [4.78, 5) is 20.2. The number of rotatable bonds is 4. The molecule has 1 amide bonds. The summed E-state index contributed by atoms with van der Waals surface area (Å²) in [6, 6.07) is 2.56. The molecule has 4 bridgehead atoms. The smallest absolute Gasteiger partial charge is 0.414 e. The number of fused-ring (bicyclic) bond motifs is 4. The molecule has 12 heteroatoms. The number of amidine groups is 1. The van der Waals surface area contributed by atoms with Crippen LogP contribution in [0.5, 0.6) is 0 Å². The van der Waals surface area contributed by atoms with Crippen molar-refractivity contribution in [2.75, 3.05) is 18.9 Å². The van der Waals surface area contributed by atoms with E-state index in [1.165, 1.54) is 26.1 Å². The summed E-state index contributed by atoms with van der Waals surface area (Å²) in [6.07, 6.45) is -1.54. The minimum absolute atomic E-state index is 0.154. The Morgan fingerprint density at radius 2 is 1.91 bits per heavy atom. The molecule has 1 aromatic rings. The fourth-order valence-corrected chi connectivity index (χ4v) is 5.81. The van der Waals surface area contributed by atoms with Crippen LogP contribution in [-0.2, 0) is 10.3 Å². The van der Waals surface area contributed by atoms with Crippen molar-refractivity contribution in [3.05, 3.63) is 23.6 Å². The second-order valence-corrected chi connectivity index (χ2v) is 11.1. The molecule has 0 radical (unpaired) electrons. The first kappa shape index (κ1) is 24.6. The molecule has 2 atom stereocenters. The third kappa shape index (κ3) is 4.27. The predicted molar refractivity (Wildman–Crippen MR) is 118 cm³/mol. The largest absolute Gasteiger partial charge is 0.423 e. The molecule has 32 heavy (non-hydrogen) atoms.